The largest absolute Gasteiger partial charge is 0.377 e. The van der Waals surface area contributed by atoms with Gasteiger partial charge in [-0.2, -0.15) is 0 Å². The monoisotopic (exact) mass is 298 g/mol. The van der Waals surface area contributed by atoms with E-state index in [-0.39, 0.29) is 23.2 Å². The van der Waals surface area contributed by atoms with Crippen molar-refractivity contribution in [2.45, 2.75) is 50.5 Å². The highest BCUT2D eigenvalue weighted by Gasteiger charge is 2.66. The molecule has 2 N–H and O–H groups in total. The molecule has 3 aliphatic rings. The van der Waals surface area contributed by atoms with Crippen LogP contribution >= 0.6 is 0 Å². The van der Waals surface area contributed by atoms with Gasteiger partial charge in [0.05, 0.1) is 18.3 Å². The number of fused-ring (bicyclic) bond motifs is 1. The molecule has 2 heterocycles. The van der Waals surface area contributed by atoms with Gasteiger partial charge < -0.3 is 19.9 Å². The minimum Gasteiger partial charge on any atom is -0.377 e. The van der Waals surface area contributed by atoms with Crippen LogP contribution in [0.1, 0.15) is 26.7 Å². The SMILES string of the molecule is COC1CN(CC2(N)C3CCCOC3C2(C)C)CC1OC. The van der Waals surface area contributed by atoms with Crippen LogP contribution < -0.4 is 5.73 Å². The average Bonchev–Trinajstić information content (AvgIpc) is 2.89. The van der Waals surface area contributed by atoms with Crippen molar-refractivity contribution < 1.29 is 14.2 Å². The molecule has 0 aromatic rings. The quantitative estimate of drug-likeness (QED) is 0.834. The number of nitrogens with zero attached hydrogens (tertiary/aromatic N) is 1. The summed E-state index contributed by atoms with van der Waals surface area (Å²) < 4.78 is 17.1. The smallest absolute Gasteiger partial charge is 0.0971 e. The molecule has 0 bridgehead atoms. The molecule has 5 unspecified atom stereocenters. The summed E-state index contributed by atoms with van der Waals surface area (Å²) in [6.45, 7) is 8.13. The Morgan fingerprint density at radius 1 is 1.19 bits per heavy atom. The standard InChI is InChI=1S/C16H30N2O3/c1-15(2)14-11(6-5-7-21-14)16(15,17)10-18-8-12(19-3)13(9-18)20-4/h11-14H,5-10,17H2,1-4H3. The van der Waals surface area contributed by atoms with E-state index in [0.717, 1.165) is 32.7 Å². The van der Waals surface area contributed by atoms with E-state index in [1.165, 1.54) is 6.42 Å². The van der Waals surface area contributed by atoms with Crippen LogP contribution in [0.5, 0.6) is 0 Å². The van der Waals surface area contributed by atoms with E-state index in [4.69, 9.17) is 19.9 Å². The van der Waals surface area contributed by atoms with Crippen molar-refractivity contribution in [3.05, 3.63) is 0 Å². The van der Waals surface area contributed by atoms with Crippen LogP contribution in [-0.4, -0.2) is 69.2 Å². The highest BCUT2D eigenvalue weighted by molar-refractivity contribution is 5.21. The van der Waals surface area contributed by atoms with Crippen molar-refractivity contribution in [3.63, 3.8) is 0 Å². The molecule has 5 atom stereocenters. The zero-order valence-electron chi connectivity index (χ0n) is 13.8. The summed E-state index contributed by atoms with van der Waals surface area (Å²) in [5, 5.41) is 0. The predicted molar refractivity (Wildman–Crippen MR) is 81.2 cm³/mol. The number of hydrogen-bond acceptors (Lipinski definition) is 5. The van der Waals surface area contributed by atoms with E-state index in [1.54, 1.807) is 14.2 Å². The topological polar surface area (TPSA) is 57.0 Å². The van der Waals surface area contributed by atoms with Crippen LogP contribution in [0.15, 0.2) is 0 Å². The van der Waals surface area contributed by atoms with E-state index in [2.05, 4.69) is 18.7 Å². The summed E-state index contributed by atoms with van der Waals surface area (Å²) >= 11 is 0. The first kappa shape index (κ1) is 15.7. The van der Waals surface area contributed by atoms with Crippen molar-refractivity contribution in [2.75, 3.05) is 40.5 Å². The number of nitrogens with two attached hydrogens (primary N) is 1. The summed E-state index contributed by atoms with van der Waals surface area (Å²) in [4.78, 5) is 2.41. The van der Waals surface area contributed by atoms with Gasteiger partial charge in [0, 0.05) is 57.3 Å². The molecular formula is C16H30N2O3. The summed E-state index contributed by atoms with van der Waals surface area (Å²) in [5.41, 5.74) is 6.75. The van der Waals surface area contributed by atoms with Crippen LogP contribution in [0.25, 0.3) is 0 Å². The molecule has 2 saturated heterocycles. The molecule has 3 rings (SSSR count). The van der Waals surface area contributed by atoms with Gasteiger partial charge in [-0.1, -0.05) is 13.8 Å². The lowest BCUT2D eigenvalue weighted by atomic mass is 9.46. The molecule has 1 saturated carbocycles. The maximum Gasteiger partial charge on any atom is 0.0971 e. The Bertz CT molecular complexity index is 378. The highest BCUT2D eigenvalue weighted by Crippen LogP contribution is 2.57. The Kier molecular flexibility index (Phi) is 4.08. The zero-order valence-corrected chi connectivity index (χ0v) is 13.8. The van der Waals surface area contributed by atoms with Crippen LogP contribution in [0.2, 0.25) is 0 Å². The Morgan fingerprint density at radius 3 is 2.38 bits per heavy atom. The second-order valence-corrected chi connectivity index (χ2v) is 7.54. The van der Waals surface area contributed by atoms with Gasteiger partial charge in [0.15, 0.2) is 0 Å². The molecule has 5 heteroatoms. The van der Waals surface area contributed by atoms with E-state index in [1.807, 2.05) is 0 Å². The minimum atomic E-state index is -0.168. The summed E-state index contributed by atoms with van der Waals surface area (Å²) in [6, 6.07) is 0. The van der Waals surface area contributed by atoms with Crippen LogP contribution in [0.3, 0.4) is 0 Å². The summed E-state index contributed by atoms with van der Waals surface area (Å²) in [5.74, 6) is 0.490. The third-order valence-corrected chi connectivity index (χ3v) is 6.28. The van der Waals surface area contributed by atoms with E-state index in [9.17, 15) is 0 Å². The maximum absolute atomic E-state index is 6.89. The van der Waals surface area contributed by atoms with Gasteiger partial charge >= 0.3 is 0 Å². The van der Waals surface area contributed by atoms with Crippen LogP contribution in [0, 0.1) is 11.3 Å². The first-order valence-corrected chi connectivity index (χ1v) is 8.12. The molecule has 0 amide bonds. The lowest BCUT2D eigenvalue weighted by Crippen LogP contribution is -2.80. The number of ether oxygens (including phenoxy) is 3. The summed E-state index contributed by atoms with van der Waals surface area (Å²) in [7, 11) is 3.52. The Labute approximate surface area is 128 Å². The fraction of sp³-hybridized carbons (Fsp3) is 1.00. The first-order chi connectivity index (χ1) is 9.94. The lowest BCUT2D eigenvalue weighted by molar-refractivity contribution is -0.231. The molecule has 2 aliphatic heterocycles. The van der Waals surface area contributed by atoms with Gasteiger partial charge in [-0.05, 0) is 12.8 Å². The number of methoxy groups -OCH3 is 2. The Hall–Kier alpha value is -0.200. The number of rotatable bonds is 4. The molecule has 0 spiro atoms. The number of hydrogen-bond donors (Lipinski definition) is 1. The lowest BCUT2D eigenvalue weighted by Gasteiger charge is -2.67. The Balaban J connectivity index is 1.69. The molecule has 1 aliphatic carbocycles. The highest BCUT2D eigenvalue weighted by atomic mass is 16.5. The first-order valence-electron chi connectivity index (χ1n) is 8.12. The van der Waals surface area contributed by atoms with Crippen LogP contribution in [0.4, 0.5) is 0 Å². The maximum atomic E-state index is 6.89. The molecule has 0 aromatic carbocycles. The third-order valence-electron chi connectivity index (χ3n) is 6.28. The van der Waals surface area contributed by atoms with E-state index < -0.39 is 0 Å². The minimum absolute atomic E-state index is 0.0335. The van der Waals surface area contributed by atoms with Crippen LogP contribution in [-0.2, 0) is 14.2 Å². The molecule has 5 nitrogen and oxygen atoms in total. The van der Waals surface area contributed by atoms with Crippen molar-refractivity contribution in [2.24, 2.45) is 17.1 Å². The molecular weight excluding hydrogens is 268 g/mol. The van der Waals surface area contributed by atoms with Crippen molar-refractivity contribution in [1.82, 2.24) is 4.90 Å². The predicted octanol–water partition coefficient (Wildman–Crippen LogP) is 0.865. The van der Waals surface area contributed by atoms with Crippen molar-refractivity contribution in [3.8, 4) is 0 Å². The fourth-order valence-electron chi connectivity index (χ4n) is 4.76. The summed E-state index contributed by atoms with van der Waals surface area (Å²) in [6.07, 6.45) is 2.97. The van der Waals surface area contributed by atoms with Crippen molar-refractivity contribution in [1.29, 1.82) is 0 Å². The van der Waals surface area contributed by atoms with E-state index >= 15 is 0 Å². The van der Waals surface area contributed by atoms with Gasteiger partial charge in [-0.3, -0.25) is 4.90 Å². The third kappa shape index (κ3) is 2.25. The van der Waals surface area contributed by atoms with Gasteiger partial charge in [0.2, 0.25) is 0 Å². The molecule has 0 aromatic heterocycles. The fourth-order valence-corrected chi connectivity index (χ4v) is 4.76. The Morgan fingerprint density at radius 2 is 1.81 bits per heavy atom. The zero-order chi connectivity index (χ0) is 15.3. The second-order valence-electron chi connectivity index (χ2n) is 7.54. The van der Waals surface area contributed by atoms with Gasteiger partial charge in [0.1, 0.15) is 0 Å². The van der Waals surface area contributed by atoms with Gasteiger partial charge in [-0.15, -0.1) is 0 Å². The van der Waals surface area contributed by atoms with Gasteiger partial charge in [-0.25, -0.2) is 0 Å². The second kappa shape index (κ2) is 5.46. The molecule has 21 heavy (non-hydrogen) atoms. The average molecular weight is 298 g/mol. The van der Waals surface area contributed by atoms with Crippen molar-refractivity contribution >= 4 is 0 Å². The molecule has 0 radical (unpaired) electrons. The number of likely N-dealkylation sites (tertiary alicyclic amines) is 1. The van der Waals surface area contributed by atoms with Gasteiger partial charge in [0.25, 0.3) is 0 Å². The molecule has 3 fully saturated rings. The normalized spacial score (nSPS) is 46.1. The van der Waals surface area contributed by atoms with E-state index in [0.29, 0.717) is 12.0 Å². The molecule has 122 valence electrons.